The van der Waals surface area contributed by atoms with Crippen molar-refractivity contribution in [3.63, 3.8) is 0 Å². The molecule has 2 aromatic carbocycles. The Morgan fingerprint density at radius 3 is 2.46 bits per heavy atom. The maximum atomic E-state index is 12.4. The average molecular weight is 493 g/mol. The first-order valence-electron chi connectivity index (χ1n) is 12.1. The van der Waals surface area contributed by atoms with Crippen LogP contribution in [0.5, 0.6) is 5.75 Å². The number of thioether (sulfide) groups is 1. The lowest BCUT2D eigenvalue weighted by Crippen LogP contribution is -2.15. The third-order valence-corrected chi connectivity index (χ3v) is 6.58. The fraction of sp³-hybridized carbons (Fsp3) is 0.393. The molecule has 0 unspecified atom stereocenters. The lowest BCUT2D eigenvalue weighted by Gasteiger charge is -2.19. The highest BCUT2D eigenvalue weighted by Gasteiger charge is 2.15. The predicted octanol–water partition coefficient (Wildman–Crippen LogP) is 6.07. The molecule has 0 aliphatic rings. The molecule has 1 amide bonds. The van der Waals surface area contributed by atoms with Crippen LogP contribution >= 0.6 is 11.8 Å². The number of ether oxygens (including phenoxy) is 1. The highest BCUT2D eigenvalue weighted by molar-refractivity contribution is 7.99. The largest absolute Gasteiger partial charge is 0.494 e. The van der Waals surface area contributed by atoms with Crippen LogP contribution in [0.1, 0.15) is 51.1 Å². The van der Waals surface area contributed by atoms with E-state index in [4.69, 9.17) is 4.74 Å². The Morgan fingerprint density at radius 2 is 1.83 bits per heavy atom. The monoisotopic (exact) mass is 492 g/mol. The zero-order valence-electron chi connectivity index (χ0n) is 21.2. The van der Waals surface area contributed by atoms with Gasteiger partial charge in [-0.15, -0.1) is 16.8 Å². The molecule has 0 spiro atoms. The van der Waals surface area contributed by atoms with Gasteiger partial charge in [-0.1, -0.05) is 69.8 Å². The SMILES string of the molecule is C=CCn1c(CCCOc2ccc(C(C)(C)C)cc2)nnc1SCC(=O)Nc1ccc(CC)cc1. The predicted molar refractivity (Wildman–Crippen MR) is 144 cm³/mol. The number of carbonyl (C=O) groups is 1. The molecule has 0 atom stereocenters. The van der Waals surface area contributed by atoms with Crippen LogP contribution < -0.4 is 10.1 Å². The molecule has 186 valence electrons. The second-order valence-electron chi connectivity index (χ2n) is 9.41. The summed E-state index contributed by atoms with van der Waals surface area (Å²) in [5, 5.41) is 12.3. The van der Waals surface area contributed by atoms with Crippen LogP contribution in [0, 0.1) is 0 Å². The smallest absolute Gasteiger partial charge is 0.234 e. The van der Waals surface area contributed by atoms with Crippen molar-refractivity contribution in [1.82, 2.24) is 14.8 Å². The molecule has 1 heterocycles. The molecule has 3 rings (SSSR count). The lowest BCUT2D eigenvalue weighted by molar-refractivity contribution is -0.113. The average Bonchev–Trinajstić information content (AvgIpc) is 3.22. The summed E-state index contributed by atoms with van der Waals surface area (Å²) < 4.78 is 7.93. The minimum absolute atomic E-state index is 0.0696. The molecular formula is C28H36N4O2S. The van der Waals surface area contributed by atoms with Gasteiger partial charge in [-0.3, -0.25) is 4.79 Å². The molecule has 0 aliphatic heterocycles. The van der Waals surface area contributed by atoms with Crippen molar-refractivity contribution >= 4 is 23.4 Å². The summed E-state index contributed by atoms with van der Waals surface area (Å²) in [6.45, 7) is 13.8. The first-order valence-corrected chi connectivity index (χ1v) is 13.1. The number of benzene rings is 2. The van der Waals surface area contributed by atoms with Gasteiger partial charge in [-0.05, 0) is 53.6 Å². The van der Waals surface area contributed by atoms with Gasteiger partial charge in [0.25, 0.3) is 0 Å². The standard InChI is InChI=1S/C28H36N4O2S/c1-6-18-32-25(9-8-19-34-24-16-12-22(13-17-24)28(3,4)5)30-31-27(32)35-20-26(33)29-23-14-10-21(7-2)11-15-23/h6,10-17H,1,7-9,18-20H2,2-5H3,(H,29,33). The van der Waals surface area contributed by atoms with E-state index in [-0.39, 0.29) is 17.1 Å². The van der Waals surface area contributed by atoms with Gasteiger partial charge in [0, 0.05) is 18.7 Å². The molecule has 3 aromatic rings. The topological polar surface area (TPSA) is 69.0 Å². The van der Waals surface area contributed by atoms with E-state index in [0.717, 1.165) is 41.7 Å². The van der Waals surface area contributed by atoms with Gasteiger partial charge in [0.2, 0.25) is 5.91 Å². The Kier molecular flexibility index (Phi) is 9.55. The Hall–Kier alpha value is -3.06. The molecule has 0 saturated carbocycles. The summed E-state index contributed by atoms with van der Waals surface area (Å²) >= 11 is 1.38. The van der Waals surface area contributed by atoms with Crippen LogP contribution in [-0.2, 0) is 29.6 Å². The Morgan fingerprint density at radius 1 is 1.11 bits per heavy atom. The number of hydrogen-bond donors (Lipinski definition) is 1. The number of nitrogens with one attached hydrogen (secondary N) is 1. The van der Waals surface area contributed by atoms with Crippen LogP contribution in [0.4, 0.5) is 5.69 Å². The van der Waals surface area contributed by atoms with Gasteiger partial charge >= 0.3 is 0 Å². The van der Waals surface area contributed by atoms with E-state index >= 15 is 0 Å². The van der Waals surface area contributed by atoms with Gasteiger partial charge in [-0.2, -0.15) is 0 Å². The molecule has 1 aromatic heterocycles. The molecule has 0 bridgehead atoms. The number of carbonyl (C=O) groups excluding carboxylic acids is 1. The third kappa shape index (κ3) is 7.99. The van der Waals surface area contributed by atoms with Gasteiger partial charge in [0.15, 0.2) is 5.16 Å². The summed E-state index contributed by atoms with van der Waals surface area (Å²) in [7, 11) is 0. The van der Waals surface area contributed by atoms with E-state index in [9.17, 15) is 4.79 Å². The summed E-state index contributed by atoms with van der Waals surface area (Å²) in [4.78, 5) is 12.4. The number of anilines is 1. The van der Waals surface area contributed by atoms with Crippen molar-refractivity contribution in [2.75, 3.05) is 17.7 Å². The van der Waals surface area contributed by atoms with E-state index in [1.54, 1.807) is 0 Å². The van der Waals surface area contributed by atoms with Gasteiger partial charge in [0.05, 0.1) is 12.4 Å². The van der Waals surface area contributed by atoms with E-state index in [1.165, 1.54) is 22.9 Å². The minimum Gasteiger partial charge on any atom is -0.494 e. The van der Waals surface area contributed by atoms with Crippen LogP contribution in [0.25, 0.3) is 0 Å². The number of amides is 1. The summed E-state index contributed by atoms with van der Waals surface area (Å²) in [5.74, 6) is 1.94. The number of allylic oxidation sites excluding steroid dienone is 1. The van der Waals surface area contributed by atoms with Crippen LogP contribution in [0.2, 0.25) is 0 Å². The van der Waals surface area contributed by atoms with Crippen molar-refractivity contribution in [3.05, 3.63) is 78.1 Å². The zero-order valence-corrected chi connectivity index (χ0v) is 22.0. The first-order chi connectivity index (χ1) is 16.8. The second-order valence-corrected chi connectivity index (χ2v) is 10.4. The van der Waals surface area contributed by atoms with Crippen LogP contribution in [0.3, 0.4) is 0 Å². The lowest BCUT2D eigenvalue weighted by atomic mass is 9.87. The fourth-order valence-corrected chi connectivity index (χ4v) is 4.31. The number of hydrogen-bond acceptors (Lipinski definition) is 5. The maximum Gasteiger partial charge on any atom is 0.234 e. The van der Waals surface area contributed by atoms with Crippen molar-refractivity contribution < 1.29 is 9.53 Å². The third-order valence-electron chi connectivity index (χ3n) is 5.62. The van der Waals surface area contributed by atoms with Crippen LogP contribution in [0.15, 0.2) is 66.3 Å². The normalized spacial score (nSPS) is 11.3. The number of aryl methyl sites for hydroxylation is 2. The quantitative estimate of drug-likeness (QED) is 0.189. The van der Waals surface area contributed by atoms with Crippen molar-refractivity contribution in [3.8, 4) is 5.75 Å². The highest BCUT2D eigenvalue weighted by atomic mass is 32.2. The van der Waals surface area contributed by atoms with E-state index in [0.29, 0.717) is 13.2 Å². The zero-order chi connectivity index (χ0) is 25.3. The molecule has 0 aliphatic carbocycles. The molecule has 7 heteroatoms. The Balaban J connectivity index is 1.49. The summed E-state index contributed by atoms with van der Waals surface area (Å²) in [5.41, 5.74) is 3.46. The maximum absolute atomic E-state index is 12.4. The molecule has 35 heavy (non-hydrogen) atoms. The van der Waals surface area contributed by atoms with Crippen molar-refractivity contribution in [2.45, 2.75) is 64.1 Å². The van der Waals surface area contributed by atoms with Gasteiger partial charge in [-0.25, -0.2) is 0 Å². The highest BCUT2D eigenvalue weighted by Crippen LogP contribution is 2.24. The van der Waals surface area contributed by atoms with Gasteiger partial charge < -0.3 is 14.6 Å². The molecule has 1 N–H and O–H groups in total. The summed E-state index contributed by atoms with van der Waals surface area (Å²) in [6, 6.07) is 16.2. The van der Waals surface area contributed by atoms with E-state index in [1.807, 2.05) is 47.0 Å². The van der Waals surface area contributed by atoms with E-state index in [2.05, 4.69) is 61.9 Å². The Labute approximate surface area is 213 Å². The van der Waals surface area contributed by atoms with Crippen molar-refractivity contribution in [1.29, 1.82) is 0 Å². The van der Waals surface area contributed by atoms with Crippen LogP contribution in [-0.4, -0.2) is 33.0 Å². The van der Waals surface area contributed by atoms with E-state index < -0.39 is 0 Å². The molecule has 6 nitrogen and oxygen atoms in total. The molecule has 0 radical (unpaired) electrons. The number of nitrogens with zero attached hydrogens (tertiary/aromatic N) is 3. The summed E-state index contributed by atoms with van der Waals surface area (Å²) in [6.07, 6.45) is 4.34. The molecular weight excluding hydrogens is 456 g/mol. The molecule has 0 fully saturated rings. The number of rotatable bonds is 12. The molecule has 0 saturated heterocycles. The number of aromatic nitrogens is 3. The second kappa shape index (κ2) is 12.6. The fourth-order valence-electron chi connectivity index (χ4n) is 3.55. The first kappa shape index (κ1) is 26.5. The minimum atomic E-state index is -0.0696. The van der Waals surface area contributed by atoms with Crippen molar-refractivity contribution in [2.24, 2.45) is 0 Å². The Bertz CT molecular complexity index is 1100. The van der Waals surface area contributed by atoms with Gasteiger partial charge in [0.1, 0.15) is 11.6 Å².